The SMILES string of the molecule is O=C(NC1CNN(CC2CCCC(F)C2)C1)C1CC(C2CCON2)ON1. The number of carbonyl (C=O) groups is 1. The third kappa shape index (κ3) is 4.52. The molecule has 3 aliphatic heterocycles. The zero-order valence-corrected chi connectivity index (χ0v) is 15.1. The summed E-state index contributed by atoms with van der Waals surface area (Å²) in [7, 11) is 0. The van der Waals surface area contributed by atoms with Crippen molar-refractivity contribution < 1.29 is 18.9 Å². The first-order valence-electron chi connectivity index (χ1n) is 9.89. The van der Waals surface area contributed by atoms with Gasteiger partial charge in [-0.15, -0.1) is 0 Å². The number of nitrogens with zero attached hydrogens (tertiary/aromatic N) is 1. The molecule has 6 atom stereocenters. The molecule has 3 heterocycles. The Morgan fingerprint density at radius 3 is 2.96 bits per heavy atom. The van der Waals surface area contributed by atoms with Crippen LogP contribution in [0.25, 0.3) is 0 Å². The molecule has 0 aromatic rings. The average Bonchev–Trinajstić information content (AvgIpc) is 3.36. The molecule has 0 radical (unpaired) electrons. The van der Waals surface area contributed by atoms with E-state index in [0.717, 1.165) is 32.4 Å². The third-order valence-corrected chi connectivity index (χ3v) is 5.91. The number of halogens is 1. The second-order valence-electron chi connectivity index (χ2n) is 8.03. The van der Waals surface area contributed by atoms with E-state index < -0.39 is 6.17 Å². The largest absolute Gasteiger partial charge is 0.349 e. The van der Waals surface area contributed by atoms with Crippen LogP contribution in [-0.4, -0.2) is 67.6 Å². The summed E-state index contributed by atoms with van der Waals surface area (Å²) in [6.45, 7) is 3.00. The Labute approximate surface area is 153 Å². The van der Waals surface area contributed by atoms with Crippen molar-refractivity contribution in [1.82, 2.24) is 26.7 Å². The first-order valence-corrected chi connectivity index (χ1v) is 9.89. The van der Waals surface area contributed by atoms with E-state index in [1.54, 1.807) is 0 Å². The van der Waals surface area contributed by atoms with E-state index in [-0.39, 0.29) is 30.1 Å². The fourth-order valence-electron chi connectivity index (χ4n) is 4.45. The predicted octanol–water partition coefficient (Wildman–Crippen LogP) is -0.225. The predicted molar refractivity (Wildman–Crippen MR) is 92.3 cm³/mol. The summed E-state index contributed by atoms with van der Waals surface area (Å²) in [5.41, 5.74) is 9.13. The first kappa shape index (κ1) is 18.5. The molecule has 148 valence electrons. The van der Waals surface area contributed by atoms with Gasteiger partial charge in [-0.05, 0) is 31.6 Å². The Bertz CT molecular complexity index is 493. The van der Waals surface area contributed by atoms with Crippen LogP contribution in [0.4, 0.5) is 4.39 Å². The fourth-order valence-corrected chi connectivity index (χ4v) is 4.45. The maximum atomic E-state index is 13.5. The highest BCUT2D eigenvalue weighted by molar-refractivity contribution is 5.82. The number of carbonyl (C=O) groups excluding carboxylic acids is 1. The lowest BCUT2D eigenvalue weighted by Crippen LogP contribution is -2.47. The summed E-state index contributed by atoms with van der Waals surface area (Å²) in [5, 5.41) is 5.23. The molecule has 26 heavy (non-hydrogen) atoms. The molecular formula is C17H30FN5O3. The number of hydrazine groups is 1. The molecule has 9 heteroatoms. The minimum Gasteiger partial charge on any atom is -0.349 e. The number of alkyl halides is 1. The van der Waals surface area contributed by atoms with Gasteiger partial charge in [-0.2, -0.15) is 11.0 Å². The minimum absolute atomic E-state index is 0.0263. The normalized spacial score (nSPS) is 41.6. The van der Waals surface area contributed by atoms with Crippen molar-refractivity contribution in [3.63, 3.8) is 0 Å². The van der Waals surface area contributed by atoms with Gasteiger partial charge < -0.3 is 10.2 Å². The highest BCUT2D eigenvalue weighted by Crippen LogP contribution is 2.27. The third-order valence-electron chi connectivity index (χ3n) is 5.91. The van der Waals surface area contributed by atoms with E-state index in [0.29, 0.717) is 38.3 Å². The molecule has 4 rings (SSSR count). The molecule has 1 saturated carbocycles. The summed E-state index contributed by atoms with van der Waals surface area (Å²) in [4.78, 5) is 23.2. The van der Waals surface area contributed by atoms with Crippen LogP contribution in [0, 0.1) is 5.92 Å². The maximum absolute atomic E-state index is 13.5. The standard InChI is InChI=1S/C17H30FN5O3/c18-12-3-1-2-11(6-12)9-23-10-13(8-19-23)20-17(24)15-7-16(26-22-15)14-4-5-25-21-14/h11-16,19,21-22H,1-10H2,(H,20,24). The van der Waals surface area contributed by atoms with Gasteiger partial charge in [0, 0.05) is 26.1 Å². The zero-order chi connectivity index (χ0) is 17.9. The van der Waals surface area contributed by atoms with Gasteiger partial charge >= 0.3 is 0 Å². The molecule has 8 nitrogen and oxygen atoms in total. The van der Waals surface area contributed by atoms with Crippen molar-refractivity contribution in [3.8, 4) is 0 Å². The van der Waals surface area contributed by atoms with Crippen molar-refractivity contribution in [2.75, 3.05) is 26.2 Å². The van der Waals surface area contributed by atoms with Gasteiger partial charge in [-0.3, -0.25) is 15.1 Å². The van der Waals surface area contributed by atoms with E-state index >= 15 is 0 Å². The Morgan fingerprint density at radius 2 is 2.15 bits per heavy atom. The van der Waals surface area contributed by atoms with Gasteiger partial charge in [0.05, 0.1) is 24.8 Å². The van der Waals surface area contributed by atoms with Crippen LogP contribution in [0.1, 0.15) is 38.5 Å². The number of hydrogen-bond donors (Lipinski definition) is 4. The monoisotopic (exact) mass is 371 g/mol. The van der Waals surface area contributed by atoms with Gasteiger partial charge in [-0.25, -0.2) is 9.40 Å². The van der Waals surface area contributed by atoms with Crippen molar-refractivity contribution in [2.45, 2.75) is 68.9 Å². The summed E-state index contributed by atoms with van der Waals surface area (Å²) in [6.07, 6.45) is 4.29. The quantitative estimate of drug-likeness (QED) is 0.531. The fraction of sp³-hybridized carbons (Fsp3) is 0.941. The Morgan fingerprint density at radius 1 is 1.23 bits per heavy atom. The van der Waals surface area contributed by atoms with Gasteiger partial charge in [-0.1, -0.05) is 6.42 Å². The number of hydrogen-bond acceptors (Lipinski definition) is 7. The Balaban J connectivity index is 1.18. The molecule has 3 saturated heterocycles. The average molecular weight is 371 g/mol. The minimum atomic E-state index is -0.645. The van der Waals surface area contributed by atoms with Crippen LogP contribution in [0.5, 0.6) is 0 Å². The number of nitrogens with one attached hydrogen (secondary N) is 4. The molecule has 0 bridgehead atoms. The molecule has 0 aromatic carbocycles. The Kier molecular flexibility index (Phi) is 6.02. The highest BCUT2D eigenvalue weighted by atomic mass is 19.1. The summed E-state index contributed by atoms with van der Waals surface area (Å²) in [5.74, 6) is 0.383. The van der Waals surface area contributed by atoms with Crippen molar-refractivity contribution in [1.29, 1.82) is 0 Å². The van der Waals surface area contributed by atoms with Crippen molar-refractivity contribution in [3.05, 3.63) is 0 Å². The lowest BCUT2D eigenvalue weighted by atomic mass is 9.88. The second-order valence-corrected chi connectivity index (χ2v) is 8.03. The Hall–Kier alpha value is -0.840. The number of amides is 1. The van der Waals surface area contributed by atoms with Crippen molar-refractivity contribution >= 4 is 5.91 Å². The molecule has 6 unspecified atom stereocenters. The van der Waals surface area contributed by atoms with Crippen LogP contribution in [0.15, 0.2) is 0 Å². The lowest BCUT2D eigenvalue weighted by Gasteiger charge is -2.28. The summed E-state index contributed by atoms with van der Waals surface area (Å²) in [6, 6.07) is -0.123. The molecule has 1 amide bonds. The topological polar surface area (TPSA) is 86.9 Å². The van der Waals surface area contributed by atoms with Crippen LogP contribution < -0.4 is 21.7 Å². The van der Waals surface area contributed by atoms with Gasteiger partial charge in [0.1, 0.15) is 12.2 Å². The molecule has 1 aliphatic carbocycles. The summed E-state index contributed by atoms with van der Waals surface area (Å²) >= 11 is 0. The smallest absolute Gasteiger partial charge is 0.239 e. The summed E-state index contributed by atoms with van der Waals surface area (Å²) < 4.78 is 13.5. The maximum Gasteiger partial charge on any atom is 0.239 e. The van der Waals surface area contributed by atoms with Crippen LogP contribution >= 0.6 is 0 Å². The van der Waals surface area contributed by atoms with E-state index in [4.69, 9.17) is 9.68 Å². The van der Waals surface area contributed by atoms with Gasteiger partial charge in [0.15, 0.2) is 0 Å². The number of hydroxylamine groups is 2. The van der Waals surface area contributed by atoms with Crippen LogP contribution in [0.2, 0.25) is 0 Å². The molecule has 0 spiro atoms. The highest BCUT2D eigenvalue weighted by Gasteiger charge is 2.38. The molecule has 0 aromatic heterocycles. The molecule has 4 fully saturated rings. The van der Waals surface area contributed by atoms with Crippen LogP contribution in [-0.2, 0) is 14.5 Å². The van der Waals surface area contributed by atoms with Gasteiger partial charge in [0.25, 0.3) is 0 Å². The lowest BCUT2D eigenvalue weighted by molar-refractivity contribution is -0.125. The molecule has 4 aliphatic rings. The van der Waals surface area contributed by atoms with Crippen LogP contribution in [0.3, 0.4) is 0 Å². The molecular weight excluding hydrogens is 341 g/mol. The first-order chi connectivity index (χ1) is 12.7. The van der Waals surface area contributed by atoms with E-state index in [2.05, 4.69) is 26.7 Å². The number of rotatable bonds is 5. The zero-order valence-electron chi connectivity index (χ0n) is 15.1. The molecule has 4 N–H and O–H groups in total. The van der Waals surface area contributed by atoms with Gasteiger partial charge in [0.2, 0.25) is 5.91 Å². The van der Waals surface area contributed by atoms with Crippen molar-refractivity contribution in [2.24, 2.45) is 5.92 Å². The van der Waals surface area contributed by atoms with E-state index in [1.807, 2.05) is 0 Å². The van der Waals surface area contributed by atoms with E-state index in [1.165, 1.54) is 0 Å². The van der Waals surface area contributed by atoms with E-state index in [9.17, 15) is 9.18 Å². The second kappa shape index (κ2) is 8.45.